The second-order valence-corrected chi connectivity index (χ2v) is 3.69. The van der Waals surface area contributed by atoms with Crippen molar-refractivity contribution in [3.63, 3.8) is 0 Å². The van der Waals surface area contributed by atoms with E-state index in [0.29, 0.717) is 12.8 Å². The van der Waals surface area contributed by atoms with Crippen LogP contribution in [0.15, 0.2) is 0 Å². The van der Waals surface area contributed by atoms with Crippen LogP contribution in [-0.2, 0) is 9.53 Å². The minimum Gasteiger partial charge on any atom is -0.480 e. The Morgan fingerprint density at radius 2 is 1.82 bits per heavy atom. The Bertz CT molecular complexity index is 239. The normalized spacial score (nSPS) is 12.8. The van der Waals surface area contributed by atoms with Gasteiger partial charge in [-0.2, -0.15) is 13.2 Å². The molecule has 102 valence electrons. The highest BCUT2D eigenvalue weighted by atomic mass is 19.4. The second kappa shape index (κ2) is 6.80. The molecule has 0 unspecified atom stereocenters. The van der Waals surface area contributed by atoms with Gasteiger partial charge in [0.25, 0.3) is 0 Å². The van der Waals surface area contributed by atoms with Crippen molar-refractivity contribution in [2.75, 3.05) is 19.8 Å². The predicted molar refractivity (Wildman–Crippen MR) is 55.8 cm³/mol. The van der Waals surface area contributed by atoms with Gasteiger partial charge in [-0.15, -0.1) is 0 Å². The molecule has 0 fully saturated rings. The van der Waals surface area contributed by atoms with Crippen LogP contribution in [0.3, 0.4) is 0 Å². The summed E-state index contributed by atoms with van der Waals surface area (Å²) in [6, 6.07) is 0. The van der Waals surface area contributed by atoms with Crippen molar-refractivity contribution in [3.8, 4) is 0 Å². The van der Waals surface area contributed by atoms with Crippen LogP contribution >= 0.6 is 0 Å². The monoisotopic (exact) mass is 257 g/mol. The van der Waals surface area contributed by atoms with Crippen molar-refractivity contribution in [2.45, 2.75) is 38.4 Å². The molecule has 0 bridgehead atoms. The number of hydrogen-bond donors (Lipinski definition) is 2. The fourth-order valence-electron chi connectivity index (χ4n) is 1.43. The molecule has 0 aliphatic rings. The van der Waals surface area contributed by atoms with E-state index in [1.807, 2.05) is 0 Å². The van der Waals surface area contributed by atoms with Gasteiger partial charge in [0, 0.05) is 6.54 Å². The van der Waals surface area contributed by atoms with E-state index in [9.17, 15) is 18.0 Å². The molecule has 2 N–H and O–H groups in total. The van der Waals surface area contributed by atoms with Crippen molar-refractivity contribution in [2.24, 2.45) is 0 Å². The van der Waals surface area contributed by atoms with E-state index in [1.165, 1.54) is 0 Å². The molecule has 0 atom stereocenters. The molecular weight excluding hydrogens is 239 g/mol. The second-order valence-electron chi connectivity index (χ2n) is 3.69. The first-order valence-electron chi connectivity index (χ1n) is 5.40. The van der Waals surface area contributed by atoms with Gasteiger partial charge < -0.3 is 9.84 Å². The number of carbonyl (C=O) groups is 1. The Morgan fingerprint density at radius 3 is 2.18 bits per heavy atom. The number of rotatable bonds is 8. The quantitative estimate of drug-likeness (QED) is 0.651. The lowest BCUT2D eigenvalue weighted by Crippen LogP contribution is -2.52. The molecule has 0 amide bonds. The topological polar surface area (TPSA) is 58.6 Å². The largest absolute Gasteiger partial charge is 0.480 e. The molecule has 0 spiro atoms. The summed E-state index contributed by atoms with van der Waals surface area (Å²) in [5.74, 6) is -1.00. The lowest BCUT2D eigenvalue weighted by molar-refractivity contribution is -0.174. The predicted octanol–water partition coefficient (Wildman–Crippen LogP) is 1.80. The summed E-state index contributed by atoms with van der Waals surface area (Å²) in [5, 5.41) is 11.8. The van der Waals surface area contributed by atoms with Crippen LogP contribution in [0.1, 0.15) is 26.7 Å². The highest BCUT2D eigenvalue weighted by molar-refractivity contribution is 5.78. The van der Waals surface area contributed by atoms with Gasteiger partial charge in [-0.1, -0.05) is 13.8 Å². The van der Waals surface area contributed by atoms with Gasteiger partial charge in [-0.25, -0.2) is 0 Å². The number of carboxylic acid groups (broad SMARTS) is 1. The lowest BCUT2D eigenvalue weighted by atomic mass is 9.93. The zero-order chi connectivity index (χ0) is 13.5. The van der Waals surface area contributed by atoms with Crippen molar-refractivity contribution in [1.82, 2.24) is 5.32 Å². The zero-order valence-corrected chi connectivity index (χ0v) is 9.93. The number of hydrogen-bond acceptors (Lipinski definition) is 3. The van der Waals surface area contributed by atoms with Gasteiger partial charge in [0.15, 0.2) is 0 Å². The van der Waals surface area contributed by atoms with Gasteiger partial charge in [-0.05, 0) is 12.8 Å². The molecule has 0 aliphatic carbocycles. The van der Waals surface area contributed by atoms with Gasteiger partial charge in [0.2, 0.25) is 0 Å². The van der Waals surface area contributed by atoms with E-state index < -0.39 is 24.3 Å². The molecular formula is C10H18F3NO3. The maximum atomic E-state index is 11.7. The smallest absolute Gasteiger partial charge is 0.411 e. The summed E-state index contributed by atoms with van der Waals surface area (Å²) in [6.07, 6.45) is -3.63. The molecule has 0 heterocycles. The number of aliphatic carboxylic acids is 1. The molecule has 0 saturated heterocycles. The van der Waals surface area contributed by atoms with Crippen LogP contribution in [0.4, 0.5) is 13.2 Å². The third-order valence-corrected chi connectivity index (χ3v) is 2.59. The third-order valence-electron chi connectivity index (χ3n) is 2.59. The fraction of sp³-hybridized carbons (Fsp3) is 0.900. The van der Waals surface area contributed by atoms with Crippen LogP contribution in [0.25, 0.3) is 0 Å². The standard InChI is InChI=1S/C10H18F3NO3/c1-3-9(4-2,8(15)16)14-5-6-17-7-10(11,12)13/h14H,3-7H2,1-2H3,(H,15,16). The summed E-state index contributed by atoms with van der Waals surface area (Å²) < 4.78 is 39.6. The Balaban J connectivity index is 3.96. The average Bonchev–Trinajstić information content (AvgIpc) is 2.22. The fourth-order valence-corrected chi connectivity index (χ4v) is 1.43. The number of alkyl halides is 3. The Morgan fingerprint density at radius 1 is 1.29 bits per heavy atom. The first kappa shape index (κ1) is 16.2. The maximum absolute atomic E-state index is 11.7. The molecule has 4 nitrogen and oxygen atoms in total. The Hall–Kier alpha value is -0.820. The van der Waals surface area contributed by atoms with E-state index in [4.69, 9.17) is 5.11 Å². The van der Waals surface area contributed by atoms with Gasteiger partial charge in [0.05, 0.1) is 6.61 Å². The number of carboxylic acids is 1. The molecule has 0 aromatic heterocycles. The summed E-state index contributed by atoms with van der Waals surface area (Å²) >= 11 is 0. The number of halogens is 3. The molecule has 0 saturated carbocycles. The average molecular weight is 257 g/mol. The maximum Gasteiger partial charge on any atom is 0.411 e. The number of ether oxygens (including phenoxy) is 1. The number of nitrogens with one attached hydrogen (secondary N) is 1. The Labute approximate surface area is 98.1 Å². The van der Waals surface area contributed by atoms with Crippen LogP contribution in [-0.4, -0.2) is 42.5 Å². The minimum atomic E-state index is -4.35. The summed E-state index contributed by atoms with van der Waals surface area (Å²) in [6.45, 7) is 2.01. The third kappa shape index (κ3) is 5.88. The zero-order valence-electron chi connectivity index (χ0n) is 9.93. The van der Waals surface area contributed by atoms with Crippen molar-refractivity contribution < 1.29 is 27.8 Å². The molecule has 0 rings (SSSR count). The van der Waals surface area contributed by atoms with Gasteiger partial charge in [0.1, 0.15) is 12.1 Å². The van der Waals surface area contributed by atoms with Crippen LogP contribution in [0, 0.1) is 0 Å². The van der Waals surface area contributed by atoms with E-state index >= 15 is 0 Å². The lowest BCUT2D eigenvalue weighted by Gasteiger charge is -2.28. The highest BCUT2D eigenvalue weighted by Gasteiger charge is 2.34. The van der Waals surface area contributed by atoms with E-state index in [-0.39, 0.29) is 13.2 Å². The summed E-state index contributed by atoms with van der Waals surface area (Å²) in [7, 11) is 0. The van der Waals surface area contributed by atoms with Crippen LogP contribution in [0.2, 0.25) is 0 Å². The highest BCUT2D eigenvalue weighted by Crippen LogP contribution is 2.16. The van der Waals surface area contributed by atoms with Gasteiger partial charge >= 0.3 is 12.1 Å². The molecule has 0 aromatic carbocycles. The molecule has 0 aliphatic heterocycles. The van der Waals surface area contributed by atoms with Crippen LogP contribution in [0.5, 0.6) is 0 Å². The summed E-state index contributed by atoms with van der Waals surface area (Å²) in [5.41, 5.74) is -1.08. The summed E-state index contributed by atoms with van der Waals surface area (Å²) in [4.78, 5) is 11.0. The van der Waals surface area contributed by atoms with Gasteiger partial charge in [-0.3, -0.25) is 10.1 Å². The van der Waals surface area contributed by atoms with Crippen molar-refractivity contribution >= 4 is 5.97 Å². The molecule has 7 heteroatoms. The Kier molecular flexibility index (Phi) is 6.48. The van der Waals surface area contributed by atoms with Crippen LogP contribution < -0.4 is 5.32 Å². The molecule has 17 heavy (non-hydrogen) atoms. The minimum absolute atomic E-state index is 0.0735. The first-order valence-corrected chi connectivity index (χ1v) is 5.40. The van der Waals surface area contributed by atoms with E-state index in [0.717, 1.165) is 0 Å². The molecule has 0 aromatic rings. The molecule has 0 radical (unpaired) electrons. The van der Waals surface area contributed by atoms with Crippen molar-refractivity contribution in [1.29, 1.82) is 0 Å². The van der Waals surface area contributed by atoms with E-state index in [2.05, 4.69) is 10.1 Å². The SMILES string of the molecule is CCC(CC)(NCCOCC(F)(F)F)C(=O)O. The van der Waals surface area contributed by atoms with E-state index in [1.54, 1.807) is 13.8 Å². The van der Waals surface area contributed by atoms with Crippen molar-refractivity contribution in [3.05, 3.63) is 0 Å². The first-order chi connectivity index (χ1) is 7.77.